The molecular formula is C22H24FN3O3. The molecule has 29 heavy (non-hydrogen) atoms. The van der Waals surface area contributed by atoms with Crippen LogP contribution in [0.5, 0.6) is 0 Å². The number of amides is 3. The van der Waals surface area contributed by atoms with E-state index >= 15 is 0 Å². The van der Waals surface area contributed by atoms with Gasteiger partial charge in [0, 0.05) is 37.8 Å². The molecule has 7 heteroatoms. The summed E-state index contributed by atoms with van der Waals surface area (Å²) in [5, 5.41) is 2.75. The number of benzene rings is 2. The number of hydrogen-bond donors (Lipinski definition) is 1. The zero-order valence-electron chi connectivity index (χ0n) is 16.6. The van der Waals surface area contributed by atoms with Crippen LogP contribution >= 0.6 is 0 Å². The molecule has 0 radical (unpaired) electrons. The van der Waals surface area contributed by atoms with Crippen molar-refractivity contribution in [3.63, 3.8) is 0 Å². The van der Waals surface area contributed by atoms with E-state index in [2.05, 4.69) is 5.32 Å². The van der Waals surface area contributed by atoms with E-state index in [4.69, 9.17) is 0 Å². The van der Waals surface area contributed by atoms with Gasteiger partial charge in [-0.1, -0.05) is 12.1 Å². The molecule has 0 bridgehead atoms. The molecule has 1 N–H and O–H groups in total. The highest BCUT2D eigenvalue weighted by atomic mass is 19.1. The van der Waals surface area contributed by atoms with Gasteiger partial charge in [-0.05, 0) is 54.8 Å². The summed E-state index contributed by atoms with van der Waals surface area (Å²) in [5.74, 6) is -0.860. The monoisotopic (exact) mass is 397 g/mol. The summed E-state index contributed by atoms with van der Waals surface area (Å²) in [5.41, 5.74) is 3.09. The molecule has 0 aliphatic carbocycles. The van der Waals surface area contributed by atoms with Gasteiger partial charge in [-0.25, -0.2) is 4.39 Å². The third-order valence-electron chi connectivity index (χ3n) is 5.01. The largest absolute Gasteiger partial charge is 0.350 e. The Bertz CT molecular complexity index is 927. The molecule has 0 unspecified atom stereocenters. The van der Waals surface area contributed by atoms with Crippen molar-refractivity contribution in [2.24, 2.45) is 0 Å². The van der Waals surface area contributed by atoms with Gasteiger partial charge in [0.25, 0.3) is 5.91 Å². The topological polar surface area (TPSA) is 69.7 Å². The third-order valence-corrected chi connectivity index (χ3v) is 5.01. The summed E-state index contributed by atoms with van der Waals surface area (Å²) in [6, 6.07) is 11.2. The van der Waals surface area contributed by atoms with Gasteiger partial charge in [0.2, 0.25) is 11.8 Å². The molecule has 1 aliphatic rings. The van der Waals surface area contributed by atoms with Crippen LogP contribution in [0.4, 0.5) is 10.1 Å². The number of carbonyl (C=O) groups is 3. The van der Waals surface area contributed by atoms with Gasteiger partial charge in [0.1, 0.15) is 5.82 Å². The maximum Gasteiger partial charge on any atom is 0.254 e. The first-order chi connectivity index (χ1) is 13.9. The normalized spacial score (nSPS) is 12.4. The van der Waals surface area contributed by atoms with Crippen molar-refractivity contribution in [2.45, 2.75) is 26.8 Å². The van der Waals surface area contributed by atoms with Crippen LogP contribution in [0.2, 0.25) is 0 Å². The number of carbonyl (C=O) groups excluding carboxylic acids is 3. The highest BCUT2D eigenvalue weighted by molar-refractivity contribution is 5.99. The van der Waals surface area contributed by atoms with Gasteiger partial charge in [0.15, 0.2) is 0 Å². The minimum atomic E-state index is -0.330. The predicted molar refractivity (Wildman–Crippen MR) is 108 cm³/mol. The van der Waals surface area contributed by atoms with Gasteiger partial charge in [-0.15, -0.1) is 0 Å². The fraction of sp³-hybridized carbons (Fsp3) is 0.318. The van der Waals surface area contributed by atoms with Crippen LogP contribution in [0.15, 0.2) is 42.5 Å². The first-order valence-corrected chi connectivity index (χ1v) is 9.60. The van der Waals surface area contributed by atoms with E-state index in [1.807, 2.05) is 6.92 Å². The molecule has 3 amide bonds. The first kappa shape index (κ1) is 20.5. The van der Waals surface area contributed by atoms with Crippen molar-refractivity contribution in [1.82, 2.24) is 10.2 Å². The summed E-state index contributed by atoms with van der Waals surface area (Å²) in [4.78, 5) is 40.0. The number of nitrogens with zero attached hydrogens (tertiary/aromatic N) is 2. The Morgan fingerprint density at radius 1 is 1.14 bits per heavy atom. The number of likely N-dealkylation sites (N-methyl/N-ethyl adjacent to an activating group) is 1. The Morgan fingerprint density at radius 3 is 2.52 bits per heavy atom. The molecule has 2 aromatic rings. The lowest BCUT2D eigenvalue weighted by atomic mass is 10.1. The molecule has 6 nitrogen and oxygen atoms in total. The van der Waals surface area contributed by atoms with E-state index in [0.717, 1.165) is 16.8 Å². The third kappa shape index (κ3) is 4.80. The zero-order valence-corrected chi connectivity index (χ0v) is 16.6. The summed E-state index contributed by atoms with van der Waals surface area (Å²) in [6.07, 6.45) is 0.709. The standard InChI is InChI=1S/C22H24FN3O3/c1-3-25(14-21(28)24-13-16-4-7-19(23)8-5-16)22(29)18-6-9-20-17(12-18)10-11-26(20)15(2)27/h4-9,12H,3,10-11,13-14H2,1-2H3,(H,24,28). The number of rotatable bonds is 6. The lowest BCUT2D eigenvalue weighted by Gasteiger charge is -2.21. The first-order valence-electron chi connectivity index (χ1n) is 9.60. The molecule has 0 spiro atoms. The van der Waals surface area contributed by atoms with E-state index in [0.29, 0.717) is 25.1 Å². The van der Waals surface area contributed by atoms with Crippen LogP contribution in [0.1, 0.15) is 35.3 Å². The summed E-state index contributed by atoms with van der Waals surface area (Å²) >= 11 is 0. The van der Waals surface area contributed by atoms with Crippen molar-refractivity contribution >= 4 is 23.4 Å². The molecule has 0 atom stereocenters. The Labute approximate surface area is 169 Å². The number of nitrogens with one attached hydrogen (secondary N) is 1. The van der Waals surface area contributed by atoms with Crippen LogP contribution < -0.4 is 10.2 Å². The number of hydrogen-bond acceptors (Lipinski definition) is 3. The molecule has 1 aliphatic heterocycles. The average Bonchev–Trinajstić information content (AvgIpc) is 3.14. The maximum absolute atomic E-state index is 12.9. The highest BCUT2D eigenvalue weighted by Gasteiger charge is 2.24. The second kappa shape index (κ2) is 8.86. The Balaban J connectivity index is 1.62. The van der Waals surface area contributed by atoms with E-state index in [1.54, 1.807) is 35.2 Å². The van der Waals surface area contributed by atoms with Gasteiger partial charge < -0.3 is 15.1 Å². The molecule has 0 aromatic heterocycles. The van der Waals surface area contributed by atoms with Crippen LogP contribution in [0, 0.1) is 5.82 Å². The average molecular weight is 397 g/mol. The van der Waals surface area contributed by atoms with E-state index in [-0.39, 0.29) is 36.6 Å². The molecular weight excluding hydrogens is 373 g/mol. The van der Waals surface area contributed by atoms with Gasteiger partial charge in [0.05, 0.1) is 6.54 Å². The minimum Gasteiger partial charge on any atom is -0.350 e. The highest BCUT2D eigenvalue weighted by Crippen LogP contribution is 2.29. The predicted octanol–water partition coefficient (Wildman–Crippen LogP) is 2.51. The quantitative estimate of drug-likeness (QED) is 0.814. The van der Waals surface area contributed by atoms with Crippen LogP contribution in [0.25, 0.3) is 0 Å². The fourth-order valence-electron chi connectivity index (χ4n) is 3.40. The molecule has 3 rings (SSSR count). The van der Waals surface area contributed by atoms with Gasteiger partial charge in [-0.3, -0.25) is 14.4 Å². The Hall–Kier alpha value is -3.22. The van der Waals surface area contributed by atoms with Crippen molar-refractivity contribution < 1.29 is 18.8 Å². The van der Waals surface area contributed by atoms with Crippen LogP contribution in [-0.4, -0.2) is 42.3 Å². The lowest BCUT2D eigenvalue weighted by molar-refractivity contribution is -0.122. The van der Waals surface area contributed by atoms with Gasteiger partial charge in [-0.2, -0.15) is 0 Å². The smallest absolute Gasteiger partial charge is 0.254 e. The van der Waals surface area contributed by atoms with E-state index < -0.39 is 0 Å². The lowest BCUT2D eigenvalue weighted by Crippen LogP contribution is -2.40. The Kier molecular flexibility index (Phi) is 6.26. The number of fused-ring (bicyclic) bond motifs is 1. The van der Waals surface area contributed by atoms with Crippen LogP contribution in [-0.2, 0) is 22.6 Å². The SMILES string of the molecule is CCN(CC(=O)NCc1ccc(F)cc1)C(=O)c1ccc2c(c1)CCN2C(C)=O. The zero-order chi connectivity index (χ0) is 21.0. The summed E-state index contributed by atoms with van der Waals surface area (Å²) in [7, 11) is 0. The van der Waals surface area contributed by atoms with Crippen molar-refractivity contribution in [1.29, 1.82) is 0 Å². The second-order valence-corrected chi connectivity index (χ2v) is 6.99. The Morgan fingerprint density at radius 2 is 1.86 bits per heavy atom. The second-order valence-electron chi connectivity index (χ2n) is 6.99. The van der Waals surface area contributed by atoms with Crippen molar-refractivity contribution in [3.05, 3.63) is 65.0 Å². The number of anilines is 1. The van der Waals surface area contributed by atoms with Crippen LogP contribution in [0.3, 0.4) is 0 Å². The van der Waals surface area contributed by atoms with E-state index in [1.165, 1.54) is 24.0 Å². The van der Waals surface area contributed by atoms with Crippen molar-refractivity contribution in [3.8, 4) is 0 Å². The maximum atomic E-state index is 12.9. The minimum absolute atomic E-state index is 0.0177. The van der Waals surface area contributed by atoms with Crippen molar-refractivity contribution in [2.75, 3.05) is 24.5 Å². The van der Waals surface area contributed by atoms with E-state index in [9.17, 15) is 18.8 Å². The number of halogens is 1. The molecule has 2 aromatic carbocycles. The fourth-order valence-corrected chi connectivity index (χ4v) is 3.40. The molecule has 0 fully saturated rings. The summed E-state index contributed by atoms with van der Waals surface area (Å²) in [6.45, 7) is 4.55. The molecule has 152 valence electrons. The molecule has 0 saturated carbocycles. The molecule has 0 saturated heterocycles. The molecule has 1 heterocycles. The van der Waals surface area contributed by atoms with Gasteiger partial charge >= 0.3 is 0 Å². The summed E-state index contributed by atoms with van der Waals surface area (Å²) < 4.78 is 12.9.